The molecule has 0 saturated carbocycles. The number of hydrogen-bond donors (Lipinski definition) is 7. The van der Waals surface area contributed by atoms with Crippen LogP contribution in [0.5, 0.6) is 0 Å². The first-order chi connectivity index (χ1) is 16.8. The lowest BCUT2D eigenvalue weighted by molar-refractivity contribution is -0.287. The first-order valence-corrected chi connectivity index (χ1v) is 11.8. The number of carboxylic acid groups (broad SMARTS) is 2. The summed E-state index contributed by atoms with van der Waals surface area (Å²) < 4.78 is 9.12. The number of carboxylic acids is 2. The van der Waals surface area contributed by atoms with E-state index in [4.69, 9.17) is 14.6 Å². The topological polar surface area (TPSA) is 212 Å². The van der Waals surface area contributed by atoms with Crippen LogP contribution in [0.25, 0.3) is 0 Å². The fourth-order valence-electron chi connectivity index (χ4n) is 3.91. The standard InChI is InChI=1S/C22H28N2O11S/c1-22(2)16(20(33)35-21-14(28)12(26)13(27)15(34-21)19(31)32)24-17(36-22)11(18(29)30)23-10(25)8-9-6-4-3-5-7-9/h3-7,11-17,21,24,26-28H,8H2,1-2H3,(H,23,25)(H,29,30)(H,31,32)/t11-,12-,13-,14+,15-,16-,17+,21+/m0/s1. The molecule has 2 fully saturated rings. The summed E-state index contributed by atoms with van der Waals surface area (Å²) in [5.41, 5.74) is 0.686. The minimum atomic E-state index is -1.96. The Hall–Kier alpha value is -2.75. The number of ether oxygens (including phenoxy) is 2. The second-order valence-corrected chi connectivity index (χ2v) is 10.8. The zero-order chi connectivity index (χ0) is 26.8. The number of rotatable bonds is 8. The molecule has 13 nitrogen and oxygen atoms in total. The van der Waals surface area contributed by atoms with Crippen LogP contribution in [0.15, 0.2) is 30.3 Å². The summed E-state index contributed by atoms with van der Waals surface area (Å²) in [6.07, 6.45) is -9.75. The summed E-state index contributed by atoms with van der Waals surface area (Å²) in [4.78, 5) is 48.6. The lowest BCUT2D eigenvalue weighted by atomic mass is 9.98. The predicted molar refractivity (Wildman–Crippen MR) is 123 cm³/mol. The van der Waals surface area contributed by atoms with Gasteiger partial charge in [-0.05, 0) is 19.4 Å². The van der Waals surface area contributed by atoms with Gasteiger partial charge < -0.3 is 40.3 Å². The molecule has 7 N–H and O–H groups in total. The summed E-state index contributed by atoms with van der Waals surface area (Å²) in [5, 5.41) is 53.0. The van der Waals surface area contributed by atoms with E-state index in [1.54, 1.807) is 44.2 Å². The predicted octanol–water partition coefficient (Wildman–Crippen LogP) is -1.96. The molecule has 1 aromatic rings. The quantitative estimate of drug-likeness (QED) is 0.183. The monoisotopic (exact) mass is 528 g/mol. The van der Waals surface area contributed by atoms with Gasteiger partial charge in [0.25, 0.3) is 0 Å². The highest BCUT2D eigenvalue weighted by Crippen LogP contribution is 2.40. The Bertz CT molecular complexity index is 991. The second-order valence-electron chi connectivity index (χ2n) is 8.96. The molecule has 2 heterocycles. The van der Waals surface area contributed by atoms with Crippen LogP contribution in [0.2, 0.25) is 0 Å². The molecule has 36 heavy (non-hydrogen) atoms. The van der Waals surface area contributed by atoms with Crippen molar-refractivity contribution in [2.45, 2.75) is 73.2 Å². The Morgan fingerprint density at radius 2 is 1.72 bits per heavy atom. The molecule has 0 aliphatic carbocycles. The maximum Gasteiger partial charge on any atom is 0.335 e. The molecule has 3 rings (SSSR count). The number of aliphatic hydroxyl groups excluding tert-OH is 3. The highest BCUT2D eigenvalue weighted by molar-refractivity contribution is 8.01. The number of esters is 1. The van der Waals surface area contributed by atoms with E-state index in [-0.39, 0.29) is 6.42 Å². The molecule has 14 heteroatoms. The van der Waals surface area contributed by atoms with Crippen molar-refractivity contribution < 1.29 is 54.2 Å². The maximum atomic E-state index is 12.9. The third-order valence-electron chi connectivity index (χ3n) is 5.83. The van der Waals surface area contributed by atoms with Gasteiger partial charge in [0.05, 0.1) is 11.8 Å². The van der Waals surface area contributed by atoms with Crippen molar-refractivity contribution in [3.63, 3.8) is 0 Å². The average Bonchev–Trinajstić information content (AvgIpc) is 3.12. The first-order valence-electron chi connectivity index (χ1n) is 10.9. The molecular formula is C22H28N2O11S. The van der Waals surface area contributed by atoms with Crippen LogP contribution in [0.1, 0.15) is 19.4 Å². The number of amides is 1. The summed E-state index contributed by atoms with van der Waals surface area (Å²) in [6, 6.07) is 6.14. The first kappa shape index (κ1) is 27.8. The van der Waals surface area contributed by atoms with Gasteiger partial charge in [0.2, 0.25) is 12.2 Å². The lowest BCUT2D eigenvalue weighted by Crippen LogP contribution is -2.61. The summed E-state index contributed by atoms with van der Waals surface area (Å²) in [7, 11) is 0. The van der Waals surface area contributed by atoms with E-state index in [0.717, 1.165) is 11.8 Å². The van der Waals surface area contributed by atoms with Crippen molar-refractivity contribution in [2.24, 2.45) is 0 Å². The lowest BCUT2D eigenvalue weighted by Gasteiger charge is -2.38. The van der Waals surface area contributed by atoms with Crippen molar-refractivity contribution >= 4 is 35.6 Å². The molecule has 0 radical (unpaired) electrons. The highest BCUT2D eigenvalue weighted by atomic mass is 32.2. The van der Waals surface area contributed by atoms with Crippen molar-refractivity contribution in [3.8, 4) is 0 Å². The van der Waals surface area contributed by atoms with Crippen LogP contribution >= 0.6 is 11.8 Å². The maximum absolute atomic E-state index is 12.9. The fraction of sp³-hybridized carbons (Fsp3) is 0.545. The van der Waals surface area contributed by atoms with Gasteiger partial charge in [0.15, 0.2) is 12.1 Å². The molecule has 0 aromatic heterocycles. The summed E-state index contributed by atoms with van der Waals surface area (Å²) in [6.45, 7) is 3.25. The van der Waals surface area contributed by atoms with Crippen molar-refractivity contribution in [1.82, 2.24) is 10.6 Å². The minimum Gasteiger partial charge on any atom is -0.480 e. The number of aliphatic hydroxyl groups is 3. The number of thioether (sulfide) groups is 1. The van der Waals surface area contributed by atoms with Crippen LogP contribution in [0, 0.1) is 0 Å². The number of hydrogen-bond acceptors (Lipinski definition) is 11. The average molecular weight is 529 g/mol. The van der Waals surface area contributed by atoms with E-state index < -0.39 is 76.7 Å². The molecular weight excluding hydrogens is 500 g/mol. The second kappa shape index (κ2) is 11.1. The number of aliphatic carboxylic acids is 2. The van der Waals surface area contributed by atoms with Crippen LogP contribution in [0.4, 0.5) is 0 Å². The number of carbonyl (C=O) groups excluding carboxylic acids is 2. The largest absolute Gasteiger partial charge is 0.480 e. The van der Waals surface area contributed by atoms with Crippen LogP contribution < -0.4 is 10.6 Å². The van der Waals surface area contributed by atoms with Gasteiger partial charge in [-0.3, -0.25) is 14.9 Å². The molecule has 2 aliphatic rings. The third kappa shape index (κ3) is 6.14. The van der Waals surface area contributed by atoms with E-state index in [9.17, 15) is 39.6 Å². The molecule has 0 bridgehead atoms. The number of benzene rings is 1. The molecule has 1 aromatic carbocycles. The Morgan fingerprint density at radius 3 is 2.31 bits per heavy atom. The Kier molecular flexibility index (Phi) is 8.59. The van der Waals surface area contributed by atoms with E-state index in [1.165, 1.54) is 0 Å². The smallest absolute Gasteiger partial charge is 0.335 e. The summed E-state index contributed by atoms with van der Waals surface area (Å²) in [5.74, 6) is -4.53. The van der Waals surface area contributed by atoms with Crippen LogP contribution in [0.3, 0.4) is 0 Å². The minimum absolute atomic E-state index is 0.0489. The highest BCUT2D eigenvalue weighted by Gasteiger charge is 2.53. The van der Waals surface area contributed by atoms with Gasteiger partial charge in [0.1, 0.15) is 24.4 Å². The van der Waals surface area contributed by atoms with Gasteiger partial charge in [0, 0.05) is 4.75 Å². The van der Waals surface area contributed by atoms with E-state index in [1.807, 2.05) is 0 Å². The molecule has 0 unspecified atom stereocenters. The van der Waals surface area contributed by atoms with Gasteiger partial charge in [-0.1, -0.05) is 30.3 Å². The number of nitrogens with one attached hydrogen (secondary N) is 2. The zero-order valence-corrected chi connectivity index (χ0v) is 20.1. The zero-order valence-electron chi connectivity index (χ0n) is 19.3. The fourth-order valence-corrected chi connectivity index (χ4v) is 5.39. The van der Waals surface area contributed by atoms with Gasteiger partial charge in [-0.25, -0.2) is 9.59 Å². The van der Waals surface area contributed by atoms with E-state index >= 15 is 0 Å². The van der Waals surface area contributed by atoms with Crippen molar-refractivity contribution in [1.29, 1.82) is 0 Å². The van der Waals surface area contributed by atoms with Crippen molar-refractivity contribution in [3.05, 3.63) is 35.9 Å². The molecule has 8 atom stereocenters. The molecule has 0 spiro atoms. The van der Waals surface area contributed by atoms with Crippen molar-refractivity contribution in [2.75, 3.05) is 0 Å². The van der Waals surface area contributed by atoms with Gasteiger partial charge in [-0.2, -0.15) is 0 Å². The summed E-state index contributed by atoms with van der Waals surface area (Å²) >= 11 is 1.06. The van der Waals surface area contributed by atoms with Crippen LogP contribution in [-0.2, 0) is 35.1 Å². The van der Waals surface area contributed by atoms with Gasteiger partial charge in [-0.15, -0.1) is 11.8 Å². The molecule has 1 amide bonds. The van der Waals surface area contributed by atoms with Gasteiger partial charge >= 0.3 is 17.9 Å². The normalized spacial score (nSPS) is 32.3. The Labute approximate surface area is 209 Å². The Morgan fingerprint density at radius 1 is 1.08 bits per heavy atom. The Balaban J connectivity index is 1.68. The van der Waals surface area contributed by atoms with E-state index in [2.05, 4.69) is 10.6 Å². The molecule has 2 saturated heterocycles. The number of carbonyl (C=O) groups is 4. The van der Waals surface area contributed by atoms with Crippen LogP contribution in [-0.4, -0.2) is 102 Å². The SMILES string of the molecule is CC1(C)S[C@H]([C@H](NC(=O)Cc2ccccc2)C(=O)O)N[C@H]1C(=O)O[C@H]1O[C@H](C(=O)O)[C@@H](O)[C@H](O)[C@H]1O. The third-order valence-corrected chi connectivity index (χ3v) is 7.34. The molecule has 2 aliphatic heterocycles. The van der Waals surface area contributed by atoms with E-state index in [0.29, 0.717) is 5.56 Å². The molecule has 198 valence electrons.